The van der Waals surface area contributed by atoms with Gasteiger partial charge in [0.05, 0.1) is 6.10 Å². The molecule has 1 aliphatic rings. The van der Waals surface area contributed by atoms with Crippen molar-refractivity contribution in [2.75, 3.05) is 20.2 Å². The summed E-state index contributed by atoms with van der Waals surface area (Å²) in [5, 5.41) is 5.30. The minimum Gasteiger partial charge on any atom is -0.380 e. The van der Waals surface area contributed by atoms with Gasteiger partial charge in [-0.15, -0.1) is 0 Å². The zero-order valence-corrected chi connectivity index (χ0v) is 8.85. The molecule has 2 atom stereocenters. The monoisotopic (exact) mass is 222 g/mol. The highest BCUT2D eigenvalue weighted by Gasteiger charge is 2.34. The fourth-order valence-electron chi connectivity index (χ4n) is 1.50. The Hall–Kier alpha value is -0.750. The number of carbonyl (C=O) groups excluding carboxylic acids is 1. The van der Waals surface area contributed by atoms with Crippen molar-refractivity contribution in [2.45, 2.75) is 31.4 Å². The molecule has 1 heterocycles. The minimum atomic E-state index is -3.32. The molecule has 15 heavy (non-hydrogen) atoms. The van der Waals surface area contributed by atoms with Crippen molar-refractivity contribution in [2.24, 2.45) is 0 Å². The predicted octanol–water partition coefficient (Wildman–Crippen LogP) is 0.135. The van der Waals surface area contributed by atoms with Crippen molar-refractivity contribution in [1.29, 1.82) is 0 Å². The first-order valence-electron chi connectivity index (χ1n) is 4.85. The summed E-state index contributed by atoms with van der Waals surface area (Å²) >= 11 is 0. The summed E-state index contributed by atoms with van der Waals surface area (Å²) < 4.78 is 30.3. The Morgan fingerprint density at radius 2 is 2.20 bits per heavy atom. The van der Waals surface area contributed by atoms with Crippen molar-refractivity contribution in [3.8, 4) is 0 Å². The third kappa shape index (κ3) is 3.71. The van der Waals surface area contributed by atoms with Crippen LogP contribution in [-0.4, -0.2) is 44.2 Å². The van der Waals surface area contributed by atoms with E-state index in [9.17, 15) is 13.6 Å². The summed E-state index contributed by atoms with van der Waals surface area (Å²) in [5.41, 5.74) is 0. The number of carbonyl (C=O) groups is 1. The smallest absolute Gasteiger partial charge is 0.321 e. The van der Waals surface area contributed by atoms with Crippen LogP contribution in [0.3, 0.4) is 0 Å². The van der Waals surface area contributed by atoms with Gasteiger partial charge in [0.15, 0.2) is 0 Å². The Morgan fingerprint density at radius 3 is 2.73 bits per heavy atom. The van der Waals surface area contributed by atoms with Crippen LogP contribution in [0, 0.1) is 0 Å². The molecule has 0 spiro atoms. The molecule has 1 rings (SSSR count). The molecular formula is C9H16F2N2O2. The SMILES string of the molecule is COC1CNCC(NC(=O)C(C)(F)F)C1. The maximum atomic E-state index is 12.6. The van der Waals surface area contributed by atoms with Crippen molar-refractivity contribution in [3.63, 3.8) is 0 Å². The molecule has 88 valence electrons. The van der Waals surface area contributed by atoms with Crippen molar-refractivity contribution >= 4 is 5.91 Å². The third-order valence-electron chi connectivity index (χ3n) is 2.38. The molecule has 0 saturated carbocycles. The molecule has 1 amide bonds. The average molecular weight is 222 g/mol. The molecule has 1 saturated heterocycles. The van der Waals surface area contributed by atoms with E-state index in [1.54, 1.807) is 7.11 Å². The molecular weight excluding hydrogens is 206 g/mol. The van der Waals surface area contributed by atoms with Crippen LogP contribution in [0.15, 0.2) is 0 Å². The Balaban J connectivity index is 2.41. The van der Waals surface area contributed by atoms with E-state index in [-0.39, 0.29) is 12.1 Å². The van der Waals surface area contributed by atoms with Gasteiger partial charge < -0.3 is 15.4 Å². The molecule has 0 aromatic rings. The lowest BCUT2D eigenvalue weighted by Crippen LogP contribution is -2.53. The van der Waals surface area contributed by atoms with Gasteiger partial charge in [0.2, 0.25) is 0 Å². The Morgan fingerprint density at radius 1 is 1.53 bits per heavy atom. The molecule has 2 N–H and O–H groups in total. The minimum absolute atomic E-state index is 0.0328. The normalized spacial score (nSPS) is 27.5. The Labute approximate surface area is 87.4 Å². The van der Waals surface area contributed by atoms with Gasteiger partial charge in [0.1, 0.15) is 0 Å². The number of methoxy groups -OCH3 is 1. The fourth-order valence-corrected chi connectivity index (χ4v) is 1.50. The van der Waals surface area contributed by atoms with Gasteiger partial charge in [0, 0.05) is 33.2 Å². The highest BCUT2D eigenvalue weighted by atomic mass is 19.3. The Bertz CT molecular complexity index is 231. The highest BCUT2D eigenvalue weighted by Crippen LogP contribution is 2.13. The summed E-state index contributed by atoms with van der Waals surface area (Å²) in [4.78, 5) is 11.0. The molecule has 4 nitrogen and oxygen atoms in total. The summed E-state index contributed by atoms with van der Waals surface area (Å²) in [7, 11) is 1.56. The van der Waals surface area contributed by atoms with Gasteiger partial charge in [-0.1, -0.05) is 0 Å². The van der Waals surface area contributed by atoms with Crippen molar-refractivity contribution in [1.82, 2.24) is 10.6 Å². The summed E-state index contributed by atoms with van der Waals surface area (Å²) in [6.07, 6.45) is 0.528. The maximum absolute atomic E-state index is 12.6. The highest BCUT2D eigenvalue weighted by molar-refractivity contribution is 5.83. The van der Waals surface area contributed by atoms with Gasteiger partial charge in [-0.3, -0.25) is 4.79 Å². The van der Waals surface area contributed by atoms with Gasteiger partial charge in [-0.05, 0) is 6.42 Å². The lowest BCUT2D eigenvalue weighted by atomic mass is 10.0. The molecule has 0 bridgehead atoms. The van der Waals surface area contributed by atoms with Crippen molar-refractivity contribution in [3.05, 3.63) is 0 Å². The van der Waals surface area contributed by atoms with Crippen LogP contribution < -0.4 is 10.6 Å². The molecule has 1 fully saturated rings. The molecule has 0 radical (unpaired) electrons. The van der Waals surface area contributed by atoms with Crippen molar-refractivity contribution < 1.29 is 18.3 Å². The Kier molecular flexibility index (Phi) is 3.98. The maximum Gasteiger partial charge on any atom is 0.321 e. The van der Waals surface area contributed by atoms with Crippen LogP contribution in [0.1, 0.15) is 13.3 Å². The van der Waals surface area contributed by atoms with Gasteiger partial charge >= 0.3 is 5.92 Å². The lowest BCUT2D eigenvalue weighted by molar-refractivity contribution is -0.144. The topological polar surface area (TPSA) is 50.4 Å². The number of nitrogens with one attached hydrogen (secondary N) is 2. The number of piperidine rings is 1. The fraction of sp³-hybridized carbons (Fsp3) is 0.889. The lowest BCUT2D eigenvalue weighted by Gasteiger charge is -2.30. The number of ether oxygens (including phenoxy) is 1. The first kappa shape index (κ1) is 12.3. The van der Waals surface area contributed by atoms with E-state index in [2.05, 4.69) is 10.6 Å². The number of hydrogen-bond acceptors (Lipinski definition) is 3. The van der Waals surface area contributed by atoms with Gasteiger partial charge in [0.25, 0.3) is 5.91 Å². The van der Waals surface area contributed by atoms with E-state index in [1.807, 2.05) is 0 Å². The second kappa shape index (κ2) is 4.85. The molecule has 1 aliphatic heterocycles. The standard InChI is InChI=1S/C9H16F2N2O2/c1-9(10,11)8(14)13-6-3-7(15-2)5-12-4-6/h6-7,12H,3-5H2,1-2H3,(H,13,14). The zero-order chi connectivity index (χ0) is 11.5. The quantitative estimate of drug-likeness (QED) is 0.714. The number of amides is 1. The largest absolute Gasteiger partial charge is 0.380 e. The number of hydrogen-bond donors (Lipinski definition) is 2. The molecule has 0 aliphatic carbocycles. The number of alkyl halides is 2. The van der Waals surface area contributed by atoms with E-state index in [0.717, 1.165) is 0 Å². The third-order valence-corrected chi connectivity index (χ3v) is 2.38. The summed E-state index contributed by atoms with van der Waals surface area (Å²) in [6, 6.07) is -0.290. The number of halogens is 2. The van der Waals surface area contributed by atoms with Crippen LogP contribution in [0.5, 0.6) is 0 Å². The van der Waals surface area contributed by atoms with Gasteiger partial charge in [-0.25, -0.2) is 0 Å². The second-order valence-corrected chi connectivity index (χ2v) is 3.81. The average Bonchev–Trinajstić information content (AvgIpc) is 2.16. The zero-order valence-electron chi connectivity index (χ0n) is 8.85. The summed E-state index contributed by atoms with van der Waals surface area (Å²) in [6.45, 7) is 1.78. The summed E-state index contributed by atoms with van der Waals surface area (Å²) in [5.74, 6) is -4.55. The van der Waals surface area contributed by atoms with Crippen LogP contribution in [0.4, 0.5) is 8.78 Å². The molecule has 2 unspecified atom stereocenters. The molecule has 6 heteroatoms. The molecule has 0 aromatic heterocycles. The van der Waals surface area contributed by atoms with Gasteiger partial charge in [-0.2, -0.15) is 8.78 Å². The van der Waals surface area contributed by atoms with Crippen LogP contribution in [0.2, 0.25) is 0 Å². The first-order chi connectivity index (χ1) is 6.93. The molecule has 0 aromatic carbocycles. The predicted molar refractivity (Wildman–Crippen MR) is 50.8 cm³/mol. The van der Waals surface area contributed by atoms with E-state index < -0.39 is 11.8 Å². The number of rotatable bonds is 3. The van der Waals surface area contributed by atoms with E-state index in [1.165, 1.54) is 0 Å². The van der Waals surface area contributed by atoms with Crippen LogP contribution in [-0.2, 0) is 9.53 Å². The van der Waals surface area contributed by atoms with E-state index in [0.29, 0.717) is 26.4 Å². The van der Waals surface area contributed by atoms with Crippen LogP contribution in [0.25, 0.3) is 0 Å². The van der Waals surface area contributed by atoms with E-state index in [4.69, 9.17) is 4.74 Å². The first-order valence-corrected chi connectivity index (χ1v) is 4.85. The second-order valence-electron chi connectivity index (χ2n) is 3.81. The van der Waals surface area contributed by atoms with E-state index >= 15 is 0 Å². The van der Waals surface area contributed by atoms with Crippen LogP contribution >= 0.6 is 0 Å².